The van der Waals surface area contributed by atoms with Crippen molar-refractivity contribution in [2.24, 2.45) is 11.3 Å². The molecule has 2 N–H and O–H groups in total. The van der Waals surface area contributed by atoms with Gasteiger partial charge in [-0.05, 0) is 37.3 Å². The highest BCUT2D eigenvalue weighted by Crippen LogP contribution is 2.55. The maximum absolute atomic E-state index is 12.2. The van der Waals surface area contributed by atoms with Crippen LogP contribution in [-0.4, -0.2) is 34.7 Å². The quantitative estimate of drug-likeness (QED) is 0.699. The molecule has 5 nitrogen and oxygen atoms in total. The van der Waals surface area contributed by atoms with Crippen molar-refractivity contribution < 1.29 is 24.5 Å². The lowest BCUT2D eigenvalue weighted by Crippen LogP contribution is -2.46. The van der Waals surface area contributed by atoms with Crippen LogP contribution in [0.2, 0.25) is 0 Å². The van der Waals surface area contributed by atoms with Crippen LogP contribution >= 0.6 is 0 Å². The van der Waals surface area contributed by atoms with E-state index in [1.54, 1.807) is 18.2 Å². The van der Waals surface area contributed by atoms with Crippen LogP contribution in [0, 0.1) is 11.3 Å². The van der Waals surface area contributed by atoms with E-state index >= 15 is 0 Å². The molecule has 3 aliphatic rings. The highest BCUT2D eigenvalue weighted by Gasteiger charge is 2.62. The van der Waals surface area contributed by atoms with E-state index in [-0.39, 0.29) is 5.92 Å². The number of aliphatic hydroxyl groups is 2. The summed E-state index contributed by atoms with van der Waals surface area (Å²) in [5.74, 6) is -0.464. The summed E-state index contributed by atoms with van der Waals surface area (Å²) in [6.45, 7) is 0. The van der Waals surface area contributed by atoms with E-state index in [4.69, 9.17) is 9.47 Å². The molecule has 98 valence electrons. The van der Waals surface area contributed by atoms with Gasteiger partial charge in [-0.15, -0.1) is 0 Å². The monoisotopic (exact) mass is 252 g/mol. The van der Waals surface area contributed by atoms with E-state index in [9.17, 15) is 15.0 Å². The molecule has 2 aliphatic carbocycles. The van der Waals surface area contributed by atoms with E-state index in [0.717, 1.165) is 6.42 Å². The lowest BCUT2D eigenvalue weighted by Gasteiger charge is -2.32. The van der Waals surface area contributed by atoms with Crippen LogP contribution in [0.5, 0.6) is 0 Å². The molecule has 0 aromatic carbocycles. The van der Waals surface area contributed by atoms with Crippen LogP contribution < -0.4 is 0 Å². The number of ether oxygens (including phenoxy) is 2. The molecule has 0 aromatic rings. The summed E-state index contributed by atoms with van der Waals surface area (Å²) in [6.07, 6.45) is 5.77. The van der Waals surface area contributed by atoms with Gasteiger partial charge >= 0.3 is 5.97 Å². The average molecular weight is 252 g/mol. The standard InChI is InChI=1S/C13H16O5/c14-10-8-4-5-13(7-8,11(10)15)12(16)18-9-3-1-2-6-17-9/h1-3,6,8-11,14-15H,4-5,7H2. The fourth-order valence-electron chi connectivity index (χ4n) is 3.22. The smallest absolute Gasteiger partial charge is 0.318 e. The highest BCUT2D eigenvalue weighted by molar-refractivity contribution is 5.79. The minimum atomic E-state index is -1.02. The zero-order valence-corrected chi connectivity index (χ0v) is 9.86. The summed E-state index contributed by atoms with van der Waals surface area (Å²) in [5, 5.41) is 19.8. The topological polar surface area (TPSA) is 76.0 Å². The van der Waals surface area contributed by atoms with Gasteiger partial charge in [-0.3, -0.25) is 4.79 Å². The molecule has 0 amide bonds. The van der Waals surface area contributed by atoms with Crippen molar-refractivity contribution in [1.82, 2.24) is 0 Å². The maximum Gasteiger partial charge on any atom is 0.318 e. The first-order valence-corrected chi connectivity index (χ1v) is 6.19. The second-order valence-electron chi connectivity index (χ2n) is 5.22. The van der Waals surface area contributed by atoms with Gasteiger partial charge in [0.15, 0.2) is 0 Å². The Hall–Kier alpha value is -1.33. The van der Waals surface area contributed by atoms with E-state index in [1.807, 2.05) is 0 Å². The van der Waals surface area contributed by atoms with Crippen molar-refractivity contribution in [3.05, 3.63) is 24.5 Å². The predicted molar refractivity (Wildman–Crippen MR) is 61.0 cm³/mol. The third-order valence-corrected chi connectivity index (χ3v) is 4.26. The fourth-order valence-corrected chi connectivity index (χ4v) is 3.22. The van der Waals surface area contributed by atoms with Crippen LogP contribution in [0.25, 0.3) is 0 Å². The third-order valence-electron chi connectivity index (χ3n) is 4.26. The summed E-state index contributed by atoms with van der Waals surface area (Å²) in [7, 11) is 0. The van der Waals surface area contributed by atoms with Gasteiger partial charge in [-0.1, -0.05) is 6.08 Å². The van der Waals surface area contributed by atoms with E-state index < -0.39 is 29.9 Å². The molecule has 5 unspecified atom stereocenters. The maximum atomic E-state index is 12.2. The van der Waals surface area contributed by atoms with Crippen LogP contribution in [0.3, 0.4) is 0 Å². The highest BCUT2D eigenvalue weighted by atomic mass is 16.7. The first kappa shape index (κ1) is 11.7. The van der Waals surface area contributed by atoms with Crippen LogP contribution in [-0.2, 0) is 14.3 Å². The Morgan fingerprint density at radius 1 is 1.39 bits per heavy atom. The van der Waals surface area contributed by atoms with E-state index in [2.05, 4.69) is 0 Å². The van der Waals surface area contributed by atoms with Gasteiger partial charge < -0.3 is 19.7 Å². The first-order valence-electron chi connectivity index (χ1n) is 6.19. The lowest BCUT2D eigenvalue weighted by atomic mass is 9.81. The van der Waals surface area contributed by atoms with Gasteiger partial charge in [0.2, 0.25) is 0 Å². The summed E-state index contributed by atoms with van der Waals surface area (Å²) < 4.78 is 10.4. The van der Waals surface area contributed by atoms with Crippen molar-refractivity contribution in [2.75, 3.05) is 0 Å². The molecule has 0 saturated heterocycles. The molecule has 5 heteroatoms. The van der Waals surface area contributed by atoms with Gasteiger partial charge in [0, 0.05) is 0 Å². The molecule has 0 spiro atoms. The predicted octanol–water partition coefficient (Wildman–Crippen LogP) is 0.478. The Balaban J connectivity index is 1.72. The average Bonchev–Trinajstić information content (AvgIpc) is 2.92. The van der Waals surface area contributed by atoms with E-state index in [0.29, 0.717) is 12.8 Å². The Labute approximate surface area is 105 Å². The number of aliphatic hydroxyl groups excluding tert-OH is 2. The number of hydrogen-bond donors (Lipinski definition) is 2. The summed E-state index contributed by atoms with van der Waals surface area (Å²) >= 11 is 0. The van der Waals surface area contributed by atoms with E-state index in [1.165, 1.54) is 6.26 Å². The molecule has 0 aromatic heterocycles. The number of fused-ring (bicyclic) bond motifs is 2. The molecule has 3 rings (SSSR count). The minimum absolute atomic E-state index is 0.00950. The molecule has 1 heterocycles. The van der Waals surface area contributed by atoms with Crippen LogP contribution in [0.4, 0.5) is 0 Å². The molecule has 18 heavy (non-hydrogen) atoms. The summed E-state index contributed by atoms with van der Waals surface area (Å²) in [6, 6.07) is 0. The SMILES string of the molecule is O=C(OC1C=CC=CO1)C12CCC(C1)C(O)C2O. The van der Waals surface area contributed by atoms with Crippen molar-refractivity contribution in [3.8, 4) is 0 Å². The van der Waals surface area contributed by atoms with Crippen molar-refractivity contribution in [3.63, 3.8) is 0 Å². The molecular weight excluding hydrogens is 236 g/mol. The molecule has 0 radical (unpaired) electrons. The van der Waals surface area contributed by atoms with Gasteiger partial charge in [0.25, 0.3) is 6.29 Å². The van der Waals surface area contributed by atoms with Gasteiger partial charge in [-0.25, -0.2) is 0 Å². The minimum Gasteiger partial charge on any atom is -0.459 e. The van der Waals surface area contributed by atoms with Crippen LogP contribution in [0.15, 0.2) is 24.5 Å². The van der Waals surface area contributed by atoms with Crippen molar-refractivity contribution >= 4 is 5.97 Å². The zero-order chi connectivity index (χ0) is 12.8. The molecule has 2 bridgehead atoms. The fraction of sp³-hybridized carbons (Fsp3) is 0.615. The lowest BCUT2D eigenvalue weighted by molar-refractivity contribution is -0.183. The largest absolute Gasteiger partial charge is 0.459 e. The Morgan fingerprint density at radius 2 is 2.22 bits per heavy atom. The molecule has 2 fully saturated rings. The number of allylic oxidation sites excluding steroid dienone is 2. The first-order chi connectivity index (χ1) is 8.63. The van der Waals surface area contributed by atoms with Crippen molar-refractivity contribution in [1.29, 1.82) is 0 Å². The van der Waals surface area contributed by atoms with Crippen LogP contribution in [0.1, 0.15) is 19.3 Å². The number of hydrogen-bond acceptors (Lipinski definition) is 5. The second kappa shape index (κ2) is 4.10. The number of carbonyl (C=O) groups excluding carboxylic acids is 1. The second-order valence-corrected chi connectivity index (χ2v) is 5.22. The van der Waals surface area contributed by atoms with Gasteiger partial charge in [0.05, 0.1) is 23.9 Å². The number of carbonyl (C=O) groups is 1. The summed E-state index contributed by atoms with van der Waals surface area (Å²) in [5.41, 5.74) is -0.942. The molecule has 5 atom stereocenters. The Bertz CT molecular complexity index is 416. The molecular formula is C13H16O5. The number of rotatable bonds is 2. The Morgan fingerprint density at radius 3 is 2.83 bits per heavy atom. The molecule has 1 aliphatic heterocycles. The summed E-state index contributed by atoms with van der Waals surface area (Å²) in [4.78, 5) is 12.2. The normalized spacial score (nSPS) is 45.0. The van der Waals surface area contributed by atoms with Crippen molar-refractivity contribution in [2.45, 2.75) is 37.8 Å². The zero-order valence-electron chi connectivity index (χ0n) is 9.86. The third kappa shape index (κ3) is 1.58. The van der Waals surface area contributed by atoms with Gasteiger partial charge in [-0.2, -0.15) is 0 Å². The van der Waals surface area contributed by atoms with Gasteiger partial charge in [0.1, 0.15) is 0 Å². The Kier molecular flexibility index (Phi) is 2.68. The molecule has 2 saturated carbocycles. The number of esters is 1.